The Bertz CT molecular complexity index is 949. The van der Waals surface area contributed by atoms with E-state index in [0.29, 0.717) is 37.7 Å². The largest absolute Gasteiger partial charge is 0.444 e. The third-order valence-electron chi connectivity index (χ3n) is 4.79. The number of hydrogen-bond acceptors (Lipinski definition) is 9. The second kappa shape index (κ2) is 9.77. The van der Waals surface area contributed by atoms with Gasteiger partial charge in [-0.1, -0.05) is 0 Å². The highest BCUT2D eigenvalue weighted by molar-refractivity contribution is 5.70. The Labute approximate surface area is 186 Å². The number of methoxy groups -OCH3 is 1. The summed E-state index contributed by atoms with van der Waals surface area (Å²) in [5.41, 5.74) is -0.0922. The van der Waals surface area contributed by atoms with Crippen molar-refractivity contribution in [3.8, 4) is 0 Å². The Hall–Kier alpha value is -3.47. The van der Waals surface area contributed by atoms with E-state index in [-0.39, 0.29) is 17.5 Å². The molecule has 1 fully saturated rings. The average molecular weight is 444 g/mol. The molecule has 32 heavy (non-hydrogen) atoms. The van der Waals surface area contributed by atoms with Crippen LogP contribution in [0, 0.1) is 10.1 Å². The van der Waals surface area contributed by atoms with E-state index in [4.69, 9.17) is 9.47 Å². The van der Waals surface area contributed by atoms with Gasteiger partial charge in [-0.05, 0) is 39.0 Å². The van der Waals surface area contributed by atoms with Crippen molar-refractivity contribution < 1.29 is 19.2 Å². The number of nitrogens with zero attached hydrogens (tertiary/aromatic N) is 5. The molecule has 0 saturated carbocycles. The summed E-state index contributed by atoms with van der Waals surface area (Å²) in [5, 5.41) is 14.5. The fourth-order valence-corrected chi connectivity index (χ4v) is 3.39. The van der Waals surface area contributed by atoms with Crippen LogP contribution >= 0.6 is 0 Å². The molecule has 0 bridgehead atoms. The zero-order valence-corrected chi connectivity index (χ0v) is 18.6. The van der Waals surface area contributed by atoms with Gasteiger partial charge in [-0.2, -0.15) is 0 Å². The third kappa shape index (κ3) is 5.82. The summed E-state index contributed by atoms with van der Waals surface area (Å²) in [6.07, 6.45) is 2.78. The summed E-state index contributed by atoms with van der Waals surface area (Å²) in [7, 11) is 1.58. The molecule has 11 nitrogen and oxygen atoms in total. The zero-order chi connectivity index (χ0) is 23.3. The summed E-state index contributed by atoms with van der Waals surface area (Å²) >= 11 is 0. The molecule has 1 atom stereocenters. The minimum Gasteiger partial charge on any atom is -0.444 e. The van der Waals surface area contributed by atoms with E-state index >= 15 is 0 Å². The Morgan fingerprint density at radius 2 is 1.97 bits per heavy atom. The lowest BCUT2D eigenvalue weighted by atomic mass is 10.1. The van der Waals surface area contributed by atoms with Crippen LogP contribution in [0.5, 0.6) is 0 Å². The van der Waals surface area contributed by atoms with E-state index in [1.54, 1.807) is 42.6 Å². The molecule has 0 unspecified atom stereocenters. The smallest absolute Gasteiger partial charge is 0.410 e. The molecule has 0 aliphatic carbocycles. The maximum atomic E-state index is 12.6. The molecule has 2 aromatic rings. The van der Waals surface area contributed by atoms with Crippen LogP contribution in [0.2, 0.25) is 0 Å². The first-order valence-corrected chi connectivity index (χ1v) is 10.2. The van der Waals surface area contributed by atoms with Crippen molar-refractivity contribution in [1.82, 2.24) is 14.9 Å². The first-order valence-electron chi connectivity index (χ1n) is 10.2. The number of aromatic nitrogens is 2. The molecule has 1 saturated heterocycles. The number of rotatable bonds is 6. The summed E-state index contributed by atoms with van der Waals surface area (Å²) < 4.78 is 10.9. The van der Waals surface area contributed by atoms with Crippen LogP contribution in [0.25, 0.3) is 0 Å². The predicted molar refractivity (Wildman–Crippen MR) is 119 cm³/mol. The highest BCUT2D eigenvalue weighted by atomic mass is 16.6. The Morgan fingerprint density at radius 3 is 2.59 bits per heavy atom. The van der Waals surface area contributed by atoms with Gasteiger partial charge in [0.1, 0.15) is 11.4 Å². The van der Waals surface area contributed by atoms with Crippen LogP contribution in [0.4, 0.5) is 27.8 Å². The number of amides is 1. The maximum Gasteiger partial charge on any atom is 0.410 e. The Morgan fingerprint density at radius 1 is 1.25 bits per heavy atom. The van der Waals surface area contributed by atoms with Crippen LogP contribution < -0.4 is 10.2 Å². The van der Waals surface area contributed by atoms with E-state index < -0.39 is 16.6 Å². The van der Waals surface area contributed by atoms with E-state index in [1.807, 2.05) is 25.7 Å². The topological polar surface area (TPSA) is 123 Å². The fraction of sp³-hybridized carbons (Fsp3) is 0.476. The van der Waals surface area contributed by atoms with Crippen LogP contribution in [-0.4, -0.2) is 70.9 Å². The highest BCUT2D eigenvalue weighted by Gasteiger charge is 2.34. The van der Waals surface area contributed by atoms with Crippen LogP contribution in [-0.2, 0) is 9.47 Å². The van der Waals surface area contributed by atoms with E-state index in [2.05, 4.69) is 15.3 Å². The third-order valence-corrected chi connectivity index (χ3v) is 4.79. The van der Waals surface area contributed by atoms with Gasteiger partial charge in [0.15, 0.2) is 0 Å². The normalized spacial score (nSPS) is 16.6. The quantitative estimate of drug-likeness (QED) is 0.528. The van der Waals surface area contributed by atoms with E-state index in [1.165, 1.54) is 6.07 Å². The van der Waals surface area contributed by atoms with E-state index in [0.717, 1.165) is 0 Å². The Kier molecular flexibility index (Phi) is 7.08. The molecule has 1 aliphatic heterocycles. The number of carbonyl (C=O) groups is 1. The lowest BCUT2D eigenvalue weighted by Gasteiger charge is -2.41. The van der Waals surface area contributed by atoms with E-state index in [9.17, 15) is 14.9 Å². The van der Waals surface area contributed by atoms with Gasteiger partial charge >= 0.3 is 11.8 Å². The summed E-state index contributed by atoms with van der Waals surface area (Å²) in [6, 6.07) is 6.19. The fourth-order valence-electron chi connectivity index (χ4n) is 3.39. The minimum absolute atomic E-state index is 0.133. The number of carbonyl (C=O) groups excluding carboxylic acids is 1. The van der Waals surface area contributed by atoms with Gasteiger partial charge in [0.25, 0.3) is 0 Å². The first-order chi connectivity index (χ1) is 15.2. The molecule has 0 spiro atoms. The molecule has 1 N–H and O–H groups in total. The molecule has 0 aromatic carbocycles. The predicted octanol–water partition coefficient (Wildman–Crippen LogP) is 3.20. The summed E-state index contributed by atoms with van der Waals surface area (Å²) in [5.74, 6) is 0.702. The minimum atomic E-state index is -0.598. The first kappa shape index (κ1) is 23.2. The van der Waals surface area contributed by atoms with Crippen LogP contribution in [0.15, 0.2) is 36.7 Å². The molecule has 11 heteroatoms. The monoisotopic (exact) mass is 444 g/mol. The number of pyridine rings is 2. The number of nitrogens with one attached hydrogen (secondary N) is 1. The number of anilines is 3. The molecule has 2 aromatic heterocycles. The summed E-state index contributed by atoms with van der Waals surface area (Å²) in [6.45, 7) is 7.16. The van der Waals surface area contributed by atoms with Crippen molar-refractivity contribution in [3.05, 3.63) is 46.8 Å². The standard InChI is InChI=1S/C21H28N6O5/c1-21(2,3)32-20(28)26-12-11-25(13-16(26)14-31-4)18-6-5-17(27(29)30)19(24-18)23-15-7-9-22-10-8-15/h5-10,16H,11-14H2,1-4H3,(H,22,23,24)/t16-/m0/s1. The molecular formula is C21H28N6O5. The molecule has 0 radical (unpaired) electrons. The van der Waals surface area contributed by atoms with Crippen molar-refractivity contribution in [1.29, 1.82) is 0 Å². The van der Waals surface area contributed by atoms with Crippen molar-refractivity contribution >= 4 is 29.1 Å². The summed E-state index contributed by atoms with van der Waals surface area (Å²) in [4.78, 5) is 35.8. The van der Waals surface area contributed by atoms with Crippen molar-refractivity contribution in [2.45, 2.75) is 32.4 Å². The maximum absolute atomic E-state index is 12.6. The molecule has 1 aliphatic rings. The van der Waals surface area contributed by atoms with Gasteiger partial charge < -0.3 is 19.7 Å². The zero-order valence-electron chi connectivity index (χ0n) is 18.6. The lowest BCUT2D eigenvalue weighted by Crippen LogP contribution is -2.58. The van der Waals surface area contributed by atoms with Crippen LogP contribution in [0.3, 0.4) is 0 Å². The van der Waals surface area contributed by atoms with Gasteiger partial charge in [0.05, 0.1) is 17.6 Å². The number of nitro groups is 1. The lowest BCUT2D eigenvalue weighted by molar-refractivity contribution is -0.384. The van der Waals surface area contributed by atoms with Gasteiger partial charge in [-0.3, -0.25) is 20.0 Å². The average Bonchev–Trinajstić information content (AvgIpc) is 2.73. The van der Waals surface area contributed by atoms with Crippen LogP contribution in [0.1, 0.15) is 20.8 Å². The second-order valence-corrected chi connectivity index (χ2v) is 8.38. The molecular weight excluding hydrogens is 416 g/mol. The molecule has 3 heterocycles. The highest BCUT2D eigenvalue weighted by Crippen LogP contribution is 2.29. The van der Waals surface area contributed by atoms with Gasteiger partial charge in [-0.15, -0.1) is 0 Å². The number of hydrogen-bond donors (Lipinski definition) is 1. The van der Waals surface area contributed by atoms with Gasteiger partial charge in [0, 0.05) is 50.9 Å². The van der Waals surface area contributed by atoms with Crippen molar-refractivity contribution in [2.75, 3.05) is 43.6 Å². The van der Waals surface area contributed by atoms with Gasteiger partial charge in [-0.25, -0.2) is 9.78 Å². The van der Waals surface area contributed by atoms with Gasteiger partial charge in [0.2, 0.25) is 5.82 Å². The van der Waals surface area contributed by atoms with Crippen molar-refractivity contribution in [2.24, 2.45) is 0 Å². The molecule has 3 rings (SSSR count). The second-order valence-electron chi connectivity index (χ2n) is 8.38. The van der Waals surface area contributed by atoms with Crippen molar-refractivity contribution in [3.63, 3.8) is 0 Å². The number of piperazine rings is 1. The Balaban J connectivity index is 1.82. The SMILES string of the molecule is COC[C@@H]1CN(c2ccc([N+](=O)[O-])c(Nc3ccncc3)n2)CCN1C(=O)OC(C)(C)C. The number of ether oxygens (including phenoxy) is 2. The molecule has 1 amide bonds. The molecule has 172 valence electrons.